The van der Waals surface area contributed by atoms with Gasteiger partial charge < -0.3 is 9.88 Å². The summed E-state index contributed by atoms with van der Waals surface area (Å²) in [6, 6.07) is 10.3. The molecule has 2 heterocycles. The van der Waals surface area contributed by atoms with Gasteiger partial charge in [-0.15, -0.1) is 11.3 Å². The fourth-order valence-electron chi connectivity index (χ4n) is 2.64. The molecule has 0 fully saturated rings. The molecule has 0 spiro atoms. The van der Waals surface area contributed by atoms with Gasteiger partial charge >= 0.3 is 0 Å². The molecule has 1 N–H and O–H groups in total. The molecule has 3 nitrogen and oxygen atoms in total. The second-order valence-corrected chi connectivity index (χ2v) is 6.64. The van der Waals surface area contributed by atoms with Crippen molar-refractivity contribution in [3.05, 3.63) is 57.9 Å². The van der Waals surface area contributed by atoms with E-state index in [-0.39, 0.29) is 5.91 Å². The summed E-state index contributed by atoms with van der Waals surface area (Å²) >= 11 is 1.71. The van der Waals surface area contributed by atoms with Crippen LogP contribution in [0.1, 0.15) is 22.4 Å². The molecule has 0 radical (unpaired) electrons. The maximum atomic E-state index is 12.3. The van der Waals surface area contributed by atoms with Gasteiger partial charge in [0.2, 0.25) is 5.91 Å². The quantitative estimate of drug-likeness (QED) is 0.755. The fraction of sp³-hybridized carbons (Fsp3) is 0.278. The van der Waals surface area contributed by atoms with Crippen molar-refractivity contribution < 1.29 is 4.79 Å². The third-order valence-electron chi connectivity index (χ3n) is 4.06. The van der Waals surface area contributed by atoms with Crippen LogP contribution in [-0.4, -0.2) is 22.8 Å². The number of nitrogens with zero attached hydrogens (tertiary/aromatic N) is 1. The predicted molar refractivity (Wildman–Crippen MR) is 92.1 cm³/mol. The molecule has 4 heteroatoms. The molecule has 2 aromatic heterocycles. The first-order valence-electron chi connectivity index (χ1n) is 7.47. The van der Waals surface area contributed by atoms with Gasteiger partial charge in [-0.05, 0) is 42.0 Å². The molecule has 0 saturated heterocycles. The van der Waals surface area contributed by atoms with E-state index in [1.807, 2.05) is 30.3 Å². The standard InChI is InChI=1S/C18H20N2OS/c1-13-9-10-22-17(13)12-20(2)18(21)8-7-14-11-19-16-6-4-3-5-15(14)16/h3-6,9-11,19H,7-8,12H2,1-2H3. The van der Waals surface area contributed by atoms with Crippen molar-refractivity contribution in [2.24, 2.45) is 0 Å². The first-order chi connectivity index (χ1) is 10.6. The van der Waals surface area contributed by atoms with E-state index in [1.54, 1.807) is 11.3 Å². The largest absolute Gasteiger partial charge is 0.361 e. The predicted octanol–water partition coefficient (Wildman–Crippen LogP) is 4.13. The Labute approximate surface area is 134 Å². The van der Waals surface area contributed by atoms with Crippen LogP contribution < -0.4 is 0 Å². The molecule has 0 atom stereocenters. The molecular weight excluding hydrogens is 292 g/mol. The molecule has 22 heavy (non-hydrogen) atoms. The minimum atomic E-state index is 0.193. The molecule has 3 aromatic rings. The number of thiophene rings is 1. The molecule has 1 aromatic carbocycles. The molecule has 114 valence electrons. The molecule has 0 aliphatic heterocycles. The van der Waals surface area contributed by atoms with Crippen LogP contribution in [0, 0.1) is 6.92 Å². The van der Waals surface area contributed by atoms with Gasteiger partial charge in [-0.1, -0.05) is 18.2 Å². The number of benzene rings is 1. The van der Waals surface area contributed by atoms with Gasteiger partial charge in [-0.2, -0.15) is 0 Å². The molecule has 0 bridgehead atoms. The van der Waals surface area contributed by atoms with Crippen molar-refractivity contribution in [3.63, 3.8) is 0 Å². The van der Waals surface area contributed by atoms with Gasteiger partial charge in [0, 0.05) is 35.4 Å². The highest BCUT2D eigenvalue weighted by molar-refractivity contribution is 7.10. The lowest BCUT2D eigenvalue weighted by Gasteiger charge is -2.16. The number of aromatic amines is 1. The first-order valence-corrected chi connectivity index (χ1v) is 8.35. The van der Waals surface area contributed by atoms with E-state index in [1.165, 1.54) is 21.4 Å². The average molecular weight is 312 g/mol. The van der Waals surface area contributed by atoms with Gasteiger partial charge in [0.15, 0.2) is 0 Å². The van der Waals surface area contributed by atoms with Gasteiger partial charge in [0.1, 0.15) is 0 Å². The zero-order valence-corrected chi connectivity index (χ0v) is 13.7. The minimum absolute atomic E-state index is 0.193. The van der Waals surface area contributed by atoms with Crippen LogP contribution in [-0.2, 0) is 17.8 Å². The highest BCUT2D eigenvalue weighted by Crippen LogP contribution is 2.20. The van der Waals surface area contributed by atoms with E-state index in [0.717, 1.165) is 11.9 Å². The Morgan fingerprint density at radius 2 is 2.09 bits per heavy atom. The van der Waals surface area contributed by atoms with E-state index in [2.05, 4.69) is 35.5 Å². The second kappa shape index (κ2) is 6.36. The number of aryl methyl sites for hydroxylation is 2. The lowest BCUT2D eigenvalue weighted by atomic mass is 10.1. The van der Waals surface area contributed by atoms with E-state index in [9.17, 15) is 4.79 Å². The van der Waals surface area contributed by atoms with E-state index in [4.69, 9.17) is 0 Å². The summed E-state index contributed by atoms with van der Waals surface area (Å²) < 4.78 is 0. The molecule has 0 aliphatic carbocycles. The van der Waals surface area contributed by atoms with Crippen LogP contribution in [0.15, 0.2) is 41.9 Å². The van der Waals surface area contributed by atoms with Crippen molar-refractivity contribution in [1.82, 2.24) is 9.88 Å². The van der Waals surface area contributed by atoms with Crippen molar-refractivity contribution in [3.8, 4) is 0 Å². The minimum Gasteiger partial charge on any atom is -0.361 e. The maximum absolute atomic E-state index is 12.3. The maximum Gasteiger partial charge on any atom is 0.222 e. The number of fused-ring (bicyclic) bond motifs is 1. The highest BCUT2D eigenvalue weighted by atomic mass is 32.1. The topological polar surface area (TPSA) is 36.1 Å². The van der Waals surface area contributed by atoms with Crippen molar-refractivity contribution in [2.45, 2.75) is 26.3 Å². The van der Waals surface area contributed by atoms with E-state index < -0.39 is 0 Å². The van der Waals surface area contributed by atoms with Crippen LogP contribution >= 0.6 is 11.3 Å². The Hall–Kier alpha value is -2.07. The summed E-state index contributed by atoms with van der Waals surface area (Å²) in [5.41, 5.74) is 3.61. The second-order valence-electron chi connectivity index (χ2n) is 5.64. The zero-order chi connectivity index (χ0) is 15.5. The van der Waals surface area contributed by atoms with Gasteiger partial charge in [-0.25, -0.2) is 0 Å². The Morgan fingerprint density at radius 1 is 1.27 bits per heavy atom. The number of amides is 1. The number of nitrogens with one attached hydrogen (secondary N) is 1. The van der Waals surface area contributed by atoms with E-state index >= 15 is 0 Å². The van der Waals surface area contributed by atoms with Crippen LogP contribution in [0.2, 0.25) is 0 Å². The first kappa shape index (κ1) is 14.9. The van der Waals surface area contributed by atoms with Gasteiger partial charge in [0.05, 0.1) is 6.54 Å². The number of hydrogen-bond donors (Lipinski definition) is 1. The summed E-state index contributed by atoms with van der Waals surface area (Å²) in [5.74, 6) is 0.193. The number of para-hydroxylation sites is 1. The molecule has 0 unspecified atom stereocenters. The molecular formula is C18H20N2OS. The Kier molecular flexibility index (Phi) is 4.29. The third-order valence-corrected chi connectivity index (χ3v) is 5.07. The number of carbonyl (C=O) groups excluding carboxylic acids is 1. The Bertz CT molecular complexity index is 787. The summed E-state index contributed by atoms with van der Waals surface area (Å²) in [4.78, 5) is 18.7. The summed E-state index contributed by atoms with van der Waals surface area (Å²) in [5, 5.41) is 3.29. The average Bonchev–Trinajstić information content (AvgIpc) is 3.11. The van der Waals surface area contributed by atoms with Crippen molar-refractivity contribution >= 4 is 28.1 Å². The van der Waals surface area contributed by atoms with Crippen LogP contribution in [0.4, 0.5) is 0 Å². The SMILES string of the molecule is Cc1ccsc1CN(C)C(=O)CCc1c[nH]c2ccccc12. The molecule has 0 aliphatic rings. The van der Waals surface area contributed by atoms with Crippen molar-refractivity contribution in [1.29, 1.82) is 0 Å². The van der Waals surface area contributed by atoms with Gasteiger partial charge in [-0.3, -0.25) is 4.79 Å². The number of H-pyrrole nitrogens is 1. The van der Waals surface area contributed by atoms with Gasteiger partial charge in [0.25, 0.3) is 0 Å². The number of aromatic nitrogens is 1. The Balaban J connectivity index is 1.61. The lowest BCUT2D eigenvalue weighted by molar-refractivity contribution is -0.130. The number of rotatable bonds is 5. The number of hydrogen-bond acceptors (Lipinski definition) is 2. The van der Waals surface area contributed by atoms with Crippen molar-refractivity contribution in [2.75, 3.05) is 7.05 Å². The summed E-state index contributed by atoms with van der Waals surface area (Å²) in [7, 11) is 1.89. The molecule has 1 amide bonds. The van der Waals surface area contributed by atoms with Crippen LogP contribution in [0.5, 0.6) is 0 Å². The Morgan fingerprint density at radius 3 is 2.86 bits per heavy atom. The monoisotopic (exact) mass is 312 g/mol. The van der Waals surface area contributed by atoms with Crippen LogP contribution in [0.3, 0.4) is 0 Å². The zero-order valence-electron chi connectivity index (χ0n) is 12.9. The third kappa shape index (κ3) is 3.07. The van der Waals surface area contributed by atoms with Crippen LogP contribution in [0.25, 0.3) is 10.9 Å². The molecule has 0 saturated carbocycles. The fourth-order valence-corrected chi connectivity index (χ4v) is 3.60. The summed E-state index contributed by atoms with van der Waals surface area (Å²) in [6.07, 6.45) is 3.33. The smallest absolute Gasteiger partial charge is 0.222 e. The normalized spacial score (nSPS) is 11.0. The number of carbonyl (C=O) groups is 1. The molecule has 3 rings (SSSR count). The lowest BCUT2D eigenvalue weighted by Crippen LogP contribution is -2.26. The highest BCUT2D eigenvalue weighted by Gasteiger charge is 2.12. The van der Waals surface area contributed by atoms with E-state index in [0.29, 0.717) is 13.0 Å². The summed E-state index contributed by atoms with van der Waals surface area (Å²) in [6.45, 7) is 2.80.